The molecule has 130 valence electrons. The monoisotopic (exact) mass is 362 g/mol. The lowest BCUT2D eigenvalue weighted by Crippen LogP contribution is -2.49. The summed E-state index contributed by atoms with van der Waals surface area (Å²) in [7, 11) is 1.85. The van der Waals surface area contributed by atoms with E-state index in [4.69, 9.17) is 0 Å². The quantitative estimate of drug-likeness (QED) is 0.629. The maximum atomic E-state index is 4.39. The largest absolute Gasteiger partial charge is 0.363 e. The van der Waals surface area contributed by atoms with E-state index in [0.717, 1.165) is 38.4 Å². The van der Waals surface area contributed by atoms with Crippen LogP contribution in [0.25, 0.3) is 0 Å². The van der Waals surface area contributed by atoms with Crippen molar-refractivity contribution in [2.75, 3.05) is 31.6 Å². The van der Waals surface area contributed by atoms with Crippen LogP contribution in [0.15, 0.2) is 39.3 Å². The lowest BCUT2D eigenvalue weighted by molar-refractivity contribution is 0.462. The van der Waals surface area contributed by atoms with Crippen molar-refractivity contribution in [3.63, 3.8) is 0 Å². The molecule has 1 saturated heterocycles. The summed E-state index contributed by atoms with van der Waals surface area (Å²) in [6.45, 7) is 5.38. The van der Waals surface area contributed by atoms with Gasteiger partial charge in [0.2, 0.25) is 0 Å². The number of anilines is 1. The van der Waals surface area contributed by atoms with Gasteiger partial charge >= 0.3 is 0 Å². The van der Waals surface area contributed by atoms with Crippen LogP contribution in [0.5, 0.6) is 0 Å². The van der Waals surface area contributed by atoms with Crippen molar-refractivity contribution in [3.8, 4) is 0 Å². The van der Waals surface area contributed by atoms with Crippen LogP contribution in [0.2, 0.25) is 0 Å². The molecule has 2 N–H and O–H groups in total. The van der Waals surface area contributed by atoms with Gasteiger partial charge in [-0.05, 0) is 58.7 Å². The second-order valence-corrected chi connectivity index (χ2v) is 7.97. The van der Waals surface area contributed by atoms with E-state index in [1.807, 2.05) is 18.4 Å². The van der Waals surface area contributed by atoms with Gasteiger partial charge in [-0.1, -0.05) is 6.92 Å². The van der Waals surface area contributed by atoms with Gasteiger partial charge in [0.15, 0.2) is 5.96 Å². The Hall–Kier alpha value is -1.53. The van der Waals surface area contributed by atoms with Crippen LogP contribution in [0.3, 0.4) is 0 Å². The van der Waals surface area contributed by atoms with Gasteiger partial charge in [0.25, 0.3) is 0 Å². The van der Waals surface area contributed by atoms with Crippen molar-refractivity contribution < 1.29 is 0 Å². The molecule has 2 aromatic rings. The van der Waals surface area contributed by atoms with E-state index in [1.165, 1.54) is 10.6 Å². The number of piperidine rings is 1. The highest BCUT2D eigenvalue weighted by Crippen LogP contribution is 2.24. The molecular formula is C18H26N4S2. The Balaban J connectivity index is 1.43. The van der Waals surface area contributed by atoms with E-state index in [9.17, 15) is 0 Å². The van der Waals surface area contributed by atoms with Crippen molar-refractivity contribution in [2.45, 2.75) is 31.7 Å². The van der Waals surface area contributed by atoms with Crippen LogP contribution in [-0.4, -0.2) is 38.7 Å². The first-order chi connectivity index (χ1) is 11.8. The van der Waals surface area contributed by atoms with Crippen molar-refractivity contribution in [1.82, 2.24) is 10.6 Å². The maximum absolute atomic E-state index is 4.39. The molecule has 0 spiro atoms. The second-order valence-electron chi connectivity index (χ2n) is 6.27. The summed E-state index contributed by atoms with van der Waals surface area (Å²) in [5, 5.41) is 15.0. The molecule has 4 nitrogen and oxygen atoms in total. The van der Waals surface area contributed by atoms with Crippen LogP contribution in [0.4, 0.5) is 5.00 Å². The van der Waals surface area contributed by atoms with Crippen LogP contribution in [0.1, 0.15) is 31.2 Å². The van der Waals surface area contributed by atoms with E-state index in [-0.39, 0.29) is 0 Å². The first kappa shape index (κ1) is 17.3. The van der Waals surface area contributed by atoms with Crippen LogP contribution in [0, 0.1) is 0 Å². The van der Waals surface area contributed by atoms with E-state index >= 15 is 0 Å². The number of guanidine groups is 1. The highest BCUT2D eigenvalue weighted by atomic mass is 32.1. The molecule has 1 aliphatic rings. The maximum Gasteiger partial charge on any atom is 0.191 e. The van der Waals surface area contributed by atoms with E-state index in [2.05, 4.69) is 61.8 Å². The Morgan fingerprint density at radius 3 is 2.79 bits per heavy atom. The molecule has 0 saturated carbocycles. The molecule has 0 bridgehead atoms. The van der Waals surface area contributed by atoms with Crippen LogP contribution in [-0.2, 0) is 0 Å². The number of thiophene rings is 2. The zero-order valence-electron chi connectivity index (χ0n) is 14.4. The van der Waals surface area contributed by atoms with E-state index in [0.29, 0.717) is 12.0 Å². The Labute approximate surface area is 152 Å². The fourth-order valence-corrected chi connectivity index (χ4v) is 4.57. The molecule has 0 radical (unpaired) electrons. The summed E-state index contributed by atoms with van der Waals surface area (Å²) in [5.41, 5.74) is 1.40. The predicted molar refractivity (Wildman–Crippen MR) is 107 cm³/mol. The lowest BCUT2D eigenvalue weighted by atomic mass is 10.0. The van der Waals surface area contributed by atoms with Gasteiger partial charge in [0, 0.05) is 32.7 Å². The standard InChI is InChI=1S/C18H26N4S2/c1-14(15-7-11-23-13-15)12-20-18(19-2)21-16-5-8-22(9-6-16)17-4-3-10-24-17/h3-4,7,10-11,13-14,16H,5-6,8-9,12H2,1-2H3,(H2,19,20,21). The summed E-state index contributed by atoms with van der Waals surface area (Å²) in [6.07, 6.45) is 2.30. The number of rotatable bonds is 5. The van der Waals surface area contributed by atoms with E-state index in [1.54, 1.807) is 11.3 Å². The lowest BCUT2D eigenvalue weighted by Gasteiger charge is -2.33. The average molecular weight is 363 g/mol. The van der Waals surface area contributed by atoms with Crippen molar-refractivity contribution >= 4 is 33.6 Å². The van der Waals surface area contributed by atoms with Crippen molar-refractivity contribution in [2.24, 2.45) is 4.99 Å². The Morgan fingerprint density at radius 1 is 1.33 bits per heavy atom. The average Bonchev–Trinajstić information content (AvgIpc) is 3.32. The molecule has 3 rings (SSSR count). The SMILES string of the molecule is CN=C(NCC(C)c1ccsc1)NC1CCN(c2cccs2)CC1. The first-order valence-corrected chi connectivity index (χ1v) is 10.4. The van der Waals surface area contributed by atoms with Gasteiger partial charge in [0.05, 0.1) is 5.00 Å². The third kappa shape index (κ3) is 4.51. The number of nitrogens with one attached hydrogen (secondary N) is 2. The number of aliphatic imine (C=N–C) groups is 1. The van der Waals surface area contributed by atoms with Gasteiger partial charge in [-0.2, -0.15) is 11.3 Å². The molecule has 24 heavy (non-hydrogen) atoms. The Morgan fingerprint density at radius 2 is 2.17 bits per heavy atom. The minimum absolute atomic E-state index is 0.496. The number of hydrogen-bond acceptors (Lipinski definition) is 4. The smallest absolute Gasteiger partial charge is 0.191 e. The third-order valence-corrected chi connectivity index (χ3v) is 6.20. The van der Waals surface area contributed by atoms with E-state index < -0.39 is 0 Å². The Kier molecular flexibility index (Phi) is 6.15. The predicted octanol–water partition coefficient (Wildman–Crippen LogP) is 3.75. The van der Waals surface area contributed by atoms with Gasteiger partial charge in [-0.25, -0.2) is 0 Å². The van der Waals surface area contributed by atoms with Crippen LogP contribution >= 0.6 is 22.7 Å². The summed E-state index contributed by atoms with van der Waals surface area (Å²) in [4.78, 5) is 6.87. The fourth-order valence-electron chi connectivity index (χ4n) is 3.01. The molecule has 1 fully saturated rings. The summed E-state index contributed by atoms with van der Waals surface area (Å²) in [5.74, 6) is 1.42. The zero-order valence-corrected chi connectivity index (χ0v) is 16.0. The molecule has 1 aliphatic heterocycles. The molecular weight excluding hydrogens is 336 g/mol. The number of nitrogens with zero attached hydrogens (tertiary/aromatic N) is 2. The van der Waals surface area contributed by atoms with Gasteiger partial charge < -0.3 is 15.5 Å². The molecule has 1 unspecified atom stereocenters. The van der Waals surface area contributed by atoms with Crippen LogP contribution < -0.4 is 15.5 Å². The highest BCUT2D eigenvalue weighted by molar-refractivity contribution is 7.14. The minimum atomic E-state index is 0.496. The fraction of sp³-hybridized carbons (Fsp3) is 0.500. The summed E-state index contributed by atoms with van der Waals surface area (Å²) in [6, 6.07) is 7.05. The Bertz CT molecular complexity index is 614. The van der Waals surface area contributed by atoms with Crippen molar-refractivity contribution in [3.05, 3.63) is 39.9 Å². The molecule has 1 atom stereocenters. The molecule has 0 aliphatic carbocycles. The molecule has 2 aromatic heterocycles. The van der Waals surface area contributed by atoms with Crippen molar-refractivity contribution in [1.29, 1.82) is 0 Å². The summed E-state index contributed by atoms with van der Waals surface area (Å²) >= 11 is 3.59. The third-order valence-electron chi connectivity index (χ3n) is 4.57. The normalized spacial score (nSPS) is 17.8. The molecule has 3 heterocycles. The second kappa shape index (κ2) is 8.53. The molecule has 0 amide bonds. The molecule has 6 heteroatoms. The highest BCUT2D eigenvalue weighted by Gasteiger charge is 2.20. The minimum Gasteiger partial charge on any atom is -0.363 e. The summed E-state index contributed by atoms with van der Waals surface area (Å²) < 4.78 is 0. The van der Waals surface area contributed by atoms with Gasteiger partial charge in [-0.3, -0.25) is 4.99 Å². The van der Waals surface area contributed by atoms with Gasteiger partial charge in [0.1, 0.15) is 0 Å². The van der Waals surface area contributed by atoms with Gasteiger partial charge in [-0.15, -0.1) is 11.3 Å². The topological polar surface area (TPSA) is 39.7 Å². The zero-order chi connectivity index (χ0) is 16.8. The molecule has 0 aromatic carbocycles. The number of hydrogen-bond donors (Lipinski definition) is 2. The first-order valence-electron chi connectivity index (χ1n) is 8.54.